The minimum Gasteiger partial charge on any atom is -0.143 e. The number of thiol groups is 1. The zero-order chi connectivity index (χ0) is 9.19. The molecule has 0 amide bonds. The van der Waals surface area contributed by atoms with Crippen LogP contribution in [0, 0.1) is 0 Å². The van der Waals surface area contributed by atoms with Crippen LogP contribution >= 0.6 is 12.6 Å². The first-order chi connectivity index (χ1) is 5.56. The van der Waals surface area contributed by atoms with E-state index in [9.17, 15) is 0 Å². The summed E-state index contributed by atoms with van der Waals surface area (Å²) in [4.78, 5) is 1.05. The molecule has 0 bridgehead atoms. The third kappa shape index (κ3) is 2.04. The Labute approximate surface area is 80.4 Å². The molecule has 0 aliphatic rings. The second-order valence-corrected chi connectivity index (χ2v) is 4.30. The smallest absolute Gasteiger partial charge is 0.00429 e. The topological polar surface area (TPSA) is 0 Å². The molecule has 0 aliphatic carbocycles. The third-order valence-corrected chi connectivity index (χ3v) is 2.79. The summed E-state index contributed by atoms with van der Waals surface area (Å²) in [5.41, 5.74) is 1.65. The number of hydrogen-bond donors (Lipinski definition) is 1. The molecule has 1 heteroatoms. The average Bonchev–Trinajstić information content (AvgIpc) is 2.05. The summed E-state index contributed by atoms with van der Waals surface area (Å²) in [6.45, 7) is 6.73. The van der Waals surface area contributed by atoms with Crippen LogP contribution < -0.4 is 0 Å². The van der Waals surface area contributed by atoms with Gasteiger partial charge in [-0.15, -0.1) is 12.6 Å². The standard InChI is InChI=1S/C11H16S/c1-4-11(2,3)9-6-5-7-10(12)8-9/h5-8,12H,4H2,1-3H3. The minimum absolute atomic E-state index is 0.277. The van der Waals surface area contributed by atoms with Crippen LogP contribution in [0.25, 0.3) is 0 Å². The van der Waals surface area contributed by atoms with Crippen LogP contribution in [0.3, 0.4) is 0 Å². The van der Waals surface area contributed by atoms with E-state index in [1.54, 1.807) is 0 Å². The fraction of sp³-hybridized carbons (Fsp3) is 0.455. The van der Waals surface area contributed by atoms with Gasteiger partial charge in [-0.3, -0.25) is 0 Å². The zero-order valence-electron chi connectivity index (χ0n) is 7.96. The predicted octanol–water partition coefficient (Wildman–Crippen LogP) is 3.66. The van der Waals surface area contributed by atoms with Gasteiger partial charge in [-0.05, 0) is 29.5 Å². The van der Waals surface area contributed by atoms with Gasteiger partial charge >= 0.3 is 0 Å². The quantitative estimate of drug-likeness (QED) is 0.660. The number of hydrogen-bond acceptors (Lipinski definition) is 1. The summed E-state index contributed by atoms with van der Waals surface area (Å²) in [5, 5.41) is 0. The van der Waals surface area contributed by atoms with Gasteiger partial charge in [0, 0.05) is 4.90 Å². The highest BCUT2D eigenvalue weighted by Crippen LogP contribution is 2.27. The fourth-order valence-corrected chi connectivity index (χ4v) is 1.36. The first kappa shape index (κ1) is 9.66. The Morgan fingerprint density at radius 2 is 2.00 bits per heavy atom. The van der Waals surface area contributed by atoms with Crippen molar-refractivity contribution in [2.24, 2.45) is 0 Å². The molecular formula is C11H16S. The number of rotatable bonds is 2. The van der Waals surface area contributed by atoms with Gasteiger partial charge in [0.15, 0.2) is 0 Å². The highest BCUT2D eigenvalue weighted by Gasteiger charge is 2.17. The average molecular weight is 180 g/mol. The third-order valence-electron chi connectivity index (χ3n) is 2.51. The van der Waals surface area contributed by atoms with E-state index in [-0.39, 0.29) is 5.41 Å². The van der Waals surface area contributed by atoms with Crippen molar-refractivity contribution in [1.29, 1.82) is 0 Å². The van der Waals surface area contributed by atoms with Gasteiger partial charge in [-0.25, -0.2) is 0 Å². The van der Waals surface area contributed by atoms with E-state index in [4.69, 9.17) is 0 Å². The lowest BCUT2D eigenvalue weighted by Gasteiger charge is -2.23. The van der Waals surface area contributed by atoms with Crippen molar-refractivity contribution in [3.05, 3.63) is 29.8 Å². The summed E-state index contributed by atoms with van der Waals surface area (Å²) in [6, 6.07) is 8.39. The number of benzene rings is 1. The monoisotopic (exact) mass is 180 g/mol. The van der Waals surface area contributed by atoms with Crippen molar-refractivity contribution in [2.75, 3.05) is 0 Å². The van der Waals surface area contributed by atoms with Crippen LogP contribution in [-0.2, 0) is 5.41 Å². The summed E-state index contributed by atoms with van der Waals surface area (Å²) >= 11 is 4.32. The van der Waals surface area contributed by atoms with Crippen LogP contribution in [-0.4, -0.2) is 0 Å². The van der Waals surface area contributed by atoms with Crippen molar-refractivity contribution < 1.29 is 0 Å². The molecule has 0 aromatic heterocycles. The molecule has 1 aromatic carbocycles. The van der Waals surface area contributed by atoms with Gasteiger partial charge in [0.2, 0.25) is 0 Å². The molecule has 0 saturated carbocycles. The van der Waals surface area contributed by atoms with Crippen LogP contribution in [0.2, 0.25) is 0 Å². The molecule has 0 unspecified atom stereocenters. The van der Waals surface area contributed by atoms with E-state index in [1.807, 2.05) is 6.07 Å². The lowest BCUT2D eigenvalue weighted by molar-refractivity contribution is 0.505. The SMILES string of the molecule is CCC(C)(C)c1cccc(S)c1. The molecular weight excluding hydrogens is 164 g/mol. The minimum atomic E-state index is 0.277. The summed E-state index contributed by atoms with van der Waals surface area (Å²) < 4.78 is 0. The second-order valence-electron chi connectivity index (χ2n) is 3.79. The Hall–Kier alpha value is -0.430. The molecule has 0 spiro atoms. The van der Waals surface area contributed by atoms with E-state index < -0.39 is 0 Å². The summed E-state index contributed by atoms with van der Waals surface area (Å²) in [7, 11) is 0. The Kier molecular flexibility index (Phi) is 2.84. The molecule has 0 saturated heterocycles. The maximum atomic E-state index is 4.32. The van der Waals surface area contributed by atoms with Crippen LogP contribution in [0.15, 0.2) is 29.2 Å². The first-order valence-electron chi connectivity index (χ1n) is 4.36. The molecule has 0 nitrogen and oxygen atoms in total. The molecule has 66 valence electrons. The fourth-order valence-electron chi connectivity index (χ4n) is 1.13. The first-order valence-corrected chi connectivity index (χ1v) is 4.80. The lowest BCUT2D eigenvalue weighted by Crippen LogP contribution is -2.14. The van der Waals surface area contributed by atoms with E-state index >= 15 is 0 Å². The van der Waals surface area contributed by atoms with Gasteiger partial charge < -0.3 is 0 Å². The van der Waals surface area contributed by atoms with Crippen molar-refractivity contribution in [3.63, 3.8) is 0 Å². The van der Waals surface area contributed by atoms with Crippen LogP contribution in [0.5, 0.6) is 0 Å². The van der Waals surface area contributed by atoms with Crippen LogP contribution in [0.4, 0.5) is 0 Å². The molecule has 0 radical (unpaired) electrons. The maximum Gasteiger partial charge on any atom is 0.00429 e. The molecule has 0 N–H and O–H groups in total. The summed E-state index contributed by atoms with van der Waals surface area (Å²) in [6.07, 6.45) is 1.16. The molecule has 12 heavy (non-hydrogen) atoms. The van der Waals surface area contributed by atoms with E-state index in [1.165, 1.54) is 5.56 Å². The molecule has 0 atom stereocenters. The Bertz CT molecular complexity index is 263. The highest BCUT2D eigenvalue weighted by atomic mass is 32.1. The van der Waals surface area contributed by atoms with Gasteiger partial charge in [-0.2, -0.15) is 0 Å². The lowest BCUT2D eigenvalue weighted by atomic mass is 9.82. The van der Waals surface area contributed by atoms with Crippen molar-refractivity contribution in [1.82, 2.24) is 0 Å². The Morgan fingerprint density at radius 3 is 2.50 bits per heavy atom. The predicted molar refractivity (Wildman–Crippen MR) is 57.0 cm³/mol. The normalized spacial score (nSPS) is 11.7. The highest BCUT2D eigenvalue weighted by molar-refractivity contribution is 7.80. The molecule has 1 aromatic rings. The molecule has 0 heterocycles. The van der Waals surface area contributed by atoms with Crippen molar-refractivity contribution >= 4 is 12.6 Å². The van der Waals surface area contributed by atoms with Gasteiger partial charge in [0.05, 0.1) is 0 Å². The van der Waals surface area contributed by atoms with E-state index in [0.717, 1.165) is 11.3 Å². The largest absolute Gasteiger partial charge is 0.143 e. The Balaban J connectivity index is 3.03. The molecule has 1 rings (SSSR count). The Morgan fingerprint density at radius 1 is 1.33 bits per heavy atom. The molecule has 0 aliphatic heterocycles. The second kappa shape index (κ2) is 3.53. The van der Waals surface area contributed by atoms with Gasteiger partial charge in [-0.1, -0.05) is 32.9 Å². The van der Waals surface area contributed by atoms with E-state index in [2.05, 4.69) is 51.6 Å². The summed E-state index contributed by atoms with van der Waals surface area (Å²) in [5.74, 6) is 0. The molecule has 0 fully saturated rings. The van der Waals surface area contributed by atoms with E-state index in [0.29, 0.717) is 0 Å². The van der Waals surface area contributed by atoms with Crippen LogP contribution in [0.1, 0.15) is 32.8 Å². The van der Waals surface area contributed by atoms with Gasteiger partial charge in [0.25, 0.3) is 0 Å². The maximum absolute atomic E-state index is 4.32. The van der Waals surface area contributed by atoms with Gasteiger partial charge in [0.1, 0.15) is 0 Å². The zero-order valence-corrected chi connectivity index (χ0v) is 8.86. The van der Waals surface area contributed by atoms with Crippen molar-refractivity contribution in [3.8, 4) is 0 Å². The van der Waals surface area contributed by atoms with Crippen molar-refractivity contribution in [2.45, 2.75) is 37.5 Å².